The summed E-state index contributed by atoms with van der Waals surface area (Å²) in [6, 6.07) is 18.4. The third kappa shape index (κ3) is 6.32. The highest BCUT2D eigenvalue weighted by Gasteiger charge is 2.35. The number of carbonyl (C=O) groups excluding carboxylic acids is 4. The molecular formula is C27H23FN4O6. The van der Waals surface area contributed by atoms with Crippen LogP contribution in [0.4, 0.5) is 20.6 Å². The van der Waals surface area contributed by atoms with Crippen molar-refractivity contribution in [3.63, 3.8) is 0 Å². The number of ether oxygens (including phenoxy) is 2. The molecule has 1 fully saturated rings. The summed E-state index contributed by atoms with van der Waals surface area (Å²) in [5.74, 6) is -1.87. The predicted octanol–water partition coefficient (Wildman–Crippen LogP) is 3.38. The van der Waals surface area contributed by atoms with Crippen LogP contribution in [0.15, 0.2) is 78.5 Å². The van der Waals surface area contributed by atoms with Gasteiger partial charge in [0.2, 0.25) is 5.91 Å². The lowest BCUT2D eigenvalue weighted by molar-refractivity contribution is -0.127. The molecule has 0 radical (unpaired) electrons. The highest BCUT2D eigenvalue weighted by molar-refractivity contribution is 6.16. The van der Waals surface area contributed by atoms with E-state index in [1.165, 1.54) is 37.5 Å². The molecule has 5 amide bonds. The molecule has 1 heterocycles. The van der Waals surface area contributed by atoms with Gasteiger partial charge in [-0.15, -0.1) is 0 Å². The third-order valence-electron chi connectivity index (χ3n) is 5.33. The summed E-state index contributed by atoms with van der Waals surface area (Å²) in [5, 5.41) is 7.46. The highest BCUT2D eigenvalue weighted by Crippen LogP contribution is 2.29. The molecular weight excluding hydrogens is 495 g/mol. The molecule has 1 saturated heterocycles. The Balaban J connectivity index is 1.39. The van der Waals surface area contributed by atoms with Crippen molar-refractivity contribution in [3.05, 3.63) is 89.9 Å². The number of hydrogen-bond acceptors (Lipinski definition) is 6. The van der Waals surface area contributed by atoms with Crippen LogP contribution >= 0.6 is 0 Å². The molecule has 1 aliphatic rings. The summed E-state index contributed by atoms with van der Waals surface area (Å²) in [6.45, 7) is -0.859. The number of hydrogen-bond donors (Lipinski definition) is 3. The summed E-state index contributed by atoms with van der Waals surface area (Å²) in [4.78, 5) is 50.2. The van der Waals surface area contributed by atoms with E-state index in [0.717, 1.165) is 0 Å². The molecule has 0 spiro atoms. The number of methoxy groups -OCH3 is 1. The SMILES string of the molecule is COc1cc(/C=C2/NC(=O)N(CC(=O)Nc3ccccc3F)C2=O)ccc1OCC(=O)Nc1ccccc1. The number of carbonyl (C=O) groups is 4. The number of urea groups is 1. The summed E-state index contributed by atoms with van der Waals surface area (Å²) >= 11 is 0. The highest BCUT2D eigenvalue weighted by atomic mass is 19.1. The minimum absolute atomic E-state index is 0.0627. The normalized spacial score (nSPS) is 13.7. The molecule has 0 aromatic heterocycles. The van der Waals surface area contributed by atoms with Gasteiger partial charge in [0.05, 0.1) is 12.8 Å². The maximum absolute atomic E-state index is 13.8. The van der Waals surface area contributed by atoms with E-state index in [1.807, 2.05) is 6.07 Å². The molecule has 10 nitrogen and oxygen atoms in total. The number of benzene rings is 3. The monoisotopic (exact) mass is 518 g/mol. The Kier molecular flexibility index (Phi) is 7.97. The molecule has 1 aliphatic heterocycles. The lowest BCUT2D eigenvalue weighted by Gasteiger charge is -2.12. The Morgan fingerprint density at radius 3 is 2.42 bits per heavy atom. The van der Waals surface area contributed by atoms with Crippen LogP contribution < -0.4 is 25.4 Å². The zero-order chi connectivity index (χ0) is 27.1. The Morgan fingerprint density at radius 1 is 0.947 bits per heavy atom. The smallest absolute Gasteiger partial charge is 0.329 e. The van der Waals surface area contributed by atoms with Gasteiger partial charge < -0.3 is 25.4 Å². The van der Waals surface area contributed by atoms with Crippen LogP contribution in [0, 0.1) is 5.82 Å². The van der Waals surface area contributed by atoms with Crippen molar-refractivity contribution in [1.82, 2.24) is 10.2 Å². The topological polar surface area (TPSA) is 126 Å². The van der Waals surface area contributed by atoms with Gasteiger partial charge in [-0.05, 0) is 48.0 Å². The number of anilines is 2. The zero-order valence-electron chi connectivity index (χ0n) is 20.2. The van der Waals surface area contributed by atoms with Gasteiger partial charge in [0.1, 0.15) is 18.1 Å². The number of nitrogens with zero attached hydrogens (tertiary/aromatic N) is 1. The second kappa shape index (κ2) is 11.7. The lowest BCUT2D eigenvalue weighted by atomic mass is 10.1. The molecule has 0 aliphatic carbocycles. The number of para-hydroxylation sites is 2. The van der Waals surface area contributed by atoms with Crippen LogP contribution in [0.25, 0.3) is 6.08 Å². The standard InChI is InChI=1S/C27H23FN4O6/c1-37-23-14-17(11-12-22(23)38-16-25(34)29-18-7-3-2-4-8-18)13-21-26(35)32(27(36)31-21)15-24(33)30-20-10-6-5-9-19(20)28/h2-14H,15-16H2,1H3,(H,29,34)(H,30,33)(H,31,36)/b21-13+. The summed E-state index contributed by atoms with van der Waals surface area (Å²) in [6.07, 6.45) is 1.41. The van der Waals surface area contributed by atoms with Gasteiger partial charge in [-0.3, -0.25) is 14.4 Å². The predicted molar refractivity (Wildman–Crippen MR) is 137 cm³/mol. The van der Waals surface area contributed by atoms with Gasteiger partial charge in [0, 0.05) is 5.69 Å². The maximum atomic E-state index is 13.8. The minimum Gasteiger partial charge on any atom is -0.493 e. The quantitative estimate of drug-likeness (QED) is 0.295. The van der Waals surface area contributed by atoms with Crippen molar-refractivity contribution in [1.29, 1.82) is 0 Å². The van der Waals surface area contributed by atoms with E-state index in [2.05, 4.69) is 16.0 Å². The second-order valence-corrected chi connectivity index (χ2v) is 8.02. The van der Waals surface area contributed by atoms with E-state index >= 15 is 0 Å². The van der Waals surface area contributed by atoms with E-state index in [1.54, 1.807) is 42.5 Å². The van der Waals surface area contributed by atoms with Gasteiger partial charge >= 0.3 is 6.03 Å². The van der Waals surface area contributed by atoms with Gasteiger partial charge in [0.25, 0.3) is 11.8 Å². The van der Waals surface area contributed by atoms with Crippen LogP contribution in [0.5, 0.6) is 11.5 Å². The van der Waals surface area contributed by atoms with Crippen molar-refractivity contribution in [2.24, 2.45) is 0 Å². The molecule has 0 bridgehead atoms. The molecule has 3 aromatic carbocycles. The largest absolute Gasteiger partial charge is 0.493 e. The first-order valence-corrected chi connectivity index (χ1v) is 11.4. The van der Waals surface area contributed by atoms with Crippen molar-refractivity contribution in [3.8, 4) is 11.5 Å². The van der Waals surface area contributed by atoms with Crippen LogP contribution in [-0.4, -0.2) is 48.9 Å². The Labute approximate surface area is 217 Å². The molecule has 0 saturated carbocycles. The van der Waals surface area contributed by atoms with E-state index in [4.69, 9.17) is 9.47 Å². The minimum atomic E-state index is -0.790. The number of nitrogens with one attached hydrogen (secondary N) is 3. The Hall–Kier alpha value is -5.19. The van der Waals surface area contributed by atoms with E-state index in [0.29, 0.717) is 27.6 Å². The van der Waals surface area contributed by atoms with Gasteiger partial charge in [0.15, 0.2) is 18.1 Å². The molecule has 11 heteroatoms. The van der Waals surface area contributed by atoms with E-state index in [-0.39, 0.29) is 23.9 Å². The summed E-state index contributed by atoms with van der Waals surface area (Å²) in [5.41, 5.74) is 1.00. The second-order valence-electron chi connectivity index (χ2n) is 8.02. The third-order valence-corrected chi connectivity index (χ3v) is 5.33. The van der Waals surface area contributed by atoms with E-state index < -0.39 is 30.2 Å². The number of amides is 5. The van der Waals surface area contributed by atoms with Crippen LogP contribution in [0.2, 0.25) is 0 Å². The van der Waals surface area contributed by atoms with E-state index in [9.17, 15) is 23.6 Å². The zero-order valence-corrected chi connectivity index (χ0v) is 20.2. The van der Waals surface area contributed by atoms with Crippen LogP contribution in [0.1, 0.15) is 5.56 Å². The Bertz CT molecular complexity index is 1410. The molecule has 194 valence electrons. The fraction of sp³-hybridized carbons (Fsp3) is 0.111. The van der Waals surface area contributed by atoms with Gasteiger partial charge in [-0.1, -0.05) is 36.4 Å². The van der Waals surface area contributed by atoms with Gasteiger partial charge in [-0.25, -0.2) is 14.1 Å². The van der Waals surface area contributed by atoms with Crippen molar-refractivity contribution < 1.29 is 33.0 Å². The molecule has 4 rings (SSSR count). The average Bonchev–Trinajstić information content (AvgIpc) is 3.16. The maximum Gasteiger partial charge on any atom is 0.329 e. The first-order valence-electron chi connectivity index (χ1n) is 11.4. The summed E-state index contributed by atoms with van der Waals surface area (Å²) in [7, 11) is 1.42. The van der Waals surface area contributed by atoms with Crippen molar-refractivity contribution in [2.45, 2.75) is 0 Å². The molecule has 3 aromatic rings. The molecule has 0 unspecified atom stereocenters. The number of halogens is 1. The van der Waals surface area contributed by atoms with Crippen molar-refractivity contribution >= 4 is 41.2 Å². The Morgan fingerprint density at radius 2 is 1.68 bits per heavy atom. The average molecular weight is 519 g/mol. The van der Waals surface area contributed by atoms with Crippen molar-refractivity contribution in [2.75, 3.05) is 30.9 Å². The molecule has 3 N–H and O–H groups in total. The summed E-state index contributed by atoms with van der Waals surface area (Å²) < 4.78 is 24.7. The first-order chi connectivity index (χ1) is 18.3. The lowest BCUT2D eigenvalue weighted by Crippen LogP contribution is -2.38. The molecule has 38 heavy (non-hydrogen) atoms. The number of imide groups is 1. The van der Waals surface area contributed by atoms with Crippen LogP contribution in [0.3, 0.4) is 0 Å². The van der Waals surface area contributed by atoms with Gasteiger partial charge in [-0.2, -0.15) is 0 Å². The molecule has 0 atom stereocenters. The number of rotatable bonds is 9. The first kappa shape index (κ1) is 25.9. The fourth-order valence-electron chi connectivity index (χ4n) is 3.53. The van der Waals surface area contributed by atoms with Crippen LogP contribution in [-0.2, 0) is 14.4 Å². The fourth-order valence-corrected chi connectivity index (χ4v) is 3.53.